The van der Waals surface area contributed by atoms with Gasteiger partial charge in [-0.15, -0.1) is 0 Å². The predicted molar refractivity (Wildman–Crippen MR) is 137 cm³/mol. The number of rotatable bonds is 10. The average Bonchev–Trinajstić information content (AvgIpc) is 2.93. The first-order valence-corrected chi connectivity index (χ1v) is 15.0. The zero-order chi connectivity index (χ0) is 25.7. The van der Waals surface area contributed by atoms with Crippen LogP contribution >= 0.6 is 0 Å². The summed E-state index contributed by atoms with van der Waals surface area (Å²) in [7, 11) is -3.27. The summed E-state index contributed by atoms with van der Waals surface area (Å²) in [6.07, 6.45) is 7.86. The maximum absolute atomic E-state index is 13.4. The average molecular weight is 503 g/mol. The lowest BCUT2D eigenvalue weighted by Crippen LogP contribution is -2.51. The summed E-state index contributed by atoms with van der Waals surface area (Å²) in [5.41, 5.74) is -1.37. The van der Waals surface area contributed by atoms with Gasteiger partial charge in [-0.05, 0) is 71.6 Å². The molecular formula is C26H50N2O5S. The number of hydrogen-bond acceptors (Lipinski definition) is 5. The fourth-order valence-electron chi connectivity index (χ4n) is 5.43. The van der Waals surface area contributed by atoms with E-state index in [1.165, 1.54) is 32.1 Å². The van der Waals surface area contributed by atoms with Crippen LogP contribution in [-0.4, -0.2) is 55.2 Å². The lowest BCUT2D eigenvalue weighted by atomic mass is 9.81. The van der Waals surface area contributed by atoms with Gasteiger partial charge in [0.1, 0.15) is 11.3 Å². The number of nitrogens with one attached hydrogen (secondary N) is 1. The number of sulfonamides is 1. The quantitative estimate of drug-likeness (QED) is 0.415. The minimum Gasteiger partial charge on any atom is -0.444 e. The van der Waals surface area contributed by atoms with Gasteiger partial charge < -0.3 is 9.47 Å². The molecule has 0 spiro atoms. The molecule has 0 aromatic carbocycles. The van der Waals surface area contributed by atoms with Gasteiger partial charge in [0.15, 0.2) is 0 Å². The second-order valence-electron chi connectivity index (χ2n) is 12.2. The normalized spacial score (nSPS) is 25.0. The molecule has 1 saturated heterocycles. The number of carbonyl (C=O) groups is 1. The Morgan fingerprint density at radius 1 is 1.18 bits per heavy atom. The third-order valence-corrected chi connectivity index (χ3v) is 8.74. The van der Waals surface area contributed by atoms with E-state index in [1.807, 2.05) is 46.4 Å². The minimum atomic E-state index is -3.27. The van der Waals surface area contributed by atoms with Crippen LogP contribution < -0.4 is 4.72 Å². The Balaban J connectivity index is 2.26. The number of hydrogen-bond donors (Lipinski definition) is 1. The zero-order valence-electron chi connectivity index (χ0n) is 22.9. The van der Waals surface area contributed by atoms with Crippen LogP contribution in [0.4, 0.5) is 4.79 Å². The van der Waals surface area contributed by atoms with E-state index in [-0.39, 0.29) is 35.8 Å². The highest BCUT2D eigenvalue weighted by molar-refractivity contribution is 7.89. The van der Waals surface area contributed by atoms with E-state index in [0.29, 0.717) is 25.3 Å². The number of ether oxygens (including phenoxy) is 2. The van der Waals surface area contributed by atoms with E-state index in [2.05, 4.69) is 18.6 Å². The lowest BCUT2D eigenvalue weighted by Gasteiger charge is -2.37. The Bertz CT molecular complexity index is 754. The largest absolute Gasteiger partial charge is 0.444 e. The van der Waals surface area contributed by atoms with Crippen molar-refractivity contribution in [2.24, 2.45) is 17.8 Å². The van der Waals surface area contributed by atoms with E-state index in [4.69, 9.17) is 9.47 Å². The van der Waals surface area contributed by atoms with Crippen LogP contribution in [0.5, 0.6) is 0 Å². The van der Waals surface area contributed by atoms with E-state index < -0.39 is 21.3 Å². The second-order valence-corrected chi connectivity index (χ2v) is 14.1. The van der Waals surface area contributed by atoms with Gasteiger partial charge in [-0.3, -0.25) is 4.90 Å². The maximum Gasteiger partial charge on any atom is 0.412 e. The Hall–Kier alpha value is -0.860. The Morgan fingerprint density at radius 3 is 2.32 bits per heavy atom. The molecule has 0 aromatic heterocycles. The highest BCUT2D eigenvalue weighted by Crippen LogP contribution is 2.41. The number of carbonyl (C=O) groups excluding carboxylic acids is 1. The van der Waals surface area contributed by atoms with Gasteiger partial charge in [0.2, 0.25) is 10.0 Å². The van der Waals surface area contributed by atoms with Crippen molar-refractivity contribution in [2.45, 2.75) is 130 Å². The van der Waals surface area contributed by atoms with Gasteiger partial charge in [0.05, 0.1) is 17.9 Å². The third kappa shape index (κ3) is 8.66. The summed E-state index contributed by atoms with van der Waals surface area (Å²) in [6, 6.07) is -0.0820. The minimum absolute atomic E-state index is 0.0820. The van der Waals surface area contributed by atoms with Crippen molar-refractivity contribution < 1.29 is 22.7 Å². The molecule has 0 bridgehead atoms. The summed E-state index contributed by atoms with van der Waals surface area (Å²) >= 11 is 0. The van der Waals surface area contributed by atoms with Crippen LogP contribution in [0.2, 0.25) is 0 Å². The van der Waals surface area contributed by atoms with Crippen LogP contribution in [0.25, 0.3) is 0 Å². The van der Waals surface area contributed by atoms with Crippen LogP contribution in [0.1, 0.15) is 107 Å². The van der Waals surface area contributed by atoms with Gasteiger partial charge in [-0.25, -0.2) is 17.9 Å². The summed E-state index contributed by atoms with van der Waals surface area (Å²) in [5, 5.41) is 0. The van der Waals surface area contributed by atoms with E-state index in [9.17, 15) is 13.2 Å². The maximum atomic E-state index is 13.4. The Kier molecular flexibility index (Phi) is 10.3. The molecule has 8 heteroatoms. The van der Waals surface area contributed by atoms with Gasteiger partial charge in [-0.1, -0.05) is 52.9 Å². The van der Waals surface area contributed by atoms with Crippen molar-refractivity contribution in [3.63, 3.8) is 0 Å². The molecule has 0 radical (unpaired) electrons. The highest BCUT2D eigenvalue weighted by atomic mass is 32.2. The molecule has 7 nitrogen and oxygen atoms in total. The topological polar surface area (TPSA) is 84.9 Å². The monoisotopic (exact) mass is 502 g/mol. The Labute approximate surface area is 208 Å². The summed E-state index contributed by atoms with van der Waals surface area (Å²) < 4.78 is 39.8. The molecule has 1 aliphatic heterocycles. The predicted octanol–water partition coefficient (Wildman–Crippen LogP) is 5.69. The van der Waals surface area contributed by atoms with Gasteiger partial charge in [0.25, 0.3) is 0 Å². The third-order valence-electron chi connectivity index (χ3n) is 7.19. The SMILES string of the molecule is CCCS(=O)(=O)NC[C@@H](C[C@@H]1OC(C)(C)N(C(=O)OC(C)(C)C)[C@H]1CC1CCCCC1)C(C)C. The smallest absolute Gasteiger partial charge is 0.412 e. The summed E-state index contributed by atoms with van der Waals surface area (Å²) in [5.74, 6) is 1.10. The molecule has 1 aliphatic carbocycles. The second kappa shape index (κ2) is 11.9. The van der Waals surface area contributed by atoms with Crippen molar-refractivity contribution >= 4 is 16.1 Å². The van der Waals surface area contributed by atoms with Crippen LogP contribution in [0.3, 0.4) is 0 Å². The van der Waals surface area contributed by atoms with Crippen molar-refractivity contribution in [1.82, 2.24) is 9.62 Å². The highest BCUT2D eigenvalue weighted by Gasteiger charge is 2.52. The fraction of sp³-hybridized carbons (Fsp3) is 0.962. The first-order valence-electron chi connectivity index (χ1n) is 13.3. The molecule has 1 heterocycles. The van der Waals surface area contributed by atoms with Crippen molar-refractivity contribution in [3.8, 4) is 0 Å². The van der Waals surface area contributed by atoms with E-state index in [0.717, 1.165) is 6.42 Å². The van der Waals surface area contributed by atoms with E-state index in [1.54, 1.807) is 0 Å². The molecule has 3 atom stereocenters. The number of amides is 1. The molecule has 0 unspecified atom stereocenters. The molecule has 2 fully saturated rings. The molecule has 34 heavy (non-hydrogen) atoms. The molecule has 0 aromatic rings. The molecule has 1 N–H and O–H groups in total. The zero-order valence-corrected chi connectivity index (χ0v) is 23.7. The van der Waals surface area contributed by atoms with Crippen LogP contribution in [0.15, 0.2) is 0 Å². The van der Waals surface area contributed by atoms with E-state index >= 15 is 0 Å². The van der Waals surface area contributed by atoms with Crippen LogP contribution in [-0.2, 0) is 19.5 Å². The summed E-state index contributed by atoms with van der Waals surface area (Å²) in [6.45, 7) is 16.1. The summed E-state index contributed by atoms with van der Waals surface area (Å²) in [4.78, 5) is 15.2. The molecular weight excluding hydrogens is 452 g/mol. The molecule has 2 aliphatic rings. The van der Waals surface area contributed by atoms with Crippen molar-refractivity contribution in [1.29, 1.82) is 0 Å². The molecule has 2 rings (SSSR count). The van der Waals surface area contributed by atoms with Gasteiger partial charge in [0, 0.05) is 6.54 Å². The molecule has 200 valence electrons. The van der Waals surface area contributed by atoms with Crippen molar-refractivity contribution in [3.05, 3.63) is 0 Å². The number of nitrogens with zero attached hydrogens (tertiary/aromatic N) is 1. The molecule has 1 saturated carbocycles. The Morgan fingerprint density at radius 2 is 1.79 bits per heavy atom. The molecule has 1 amide bonds. The lowest BCUT2D eigenvalue weighted by molar-refractivity contribution is -0.0828. The van der Waals surface area contributed by atoms with Crippen molar-refractivity contribution in [2.75, 3.05) is 12.3 Å². The van der Waals surface area contributed by atoms with Crippen LogP contribution in [0, 0.1) is 17.8 Å². The van der Waals surface area contributed by atoms with Gasteiger partial charge >= 0.3 is 6.09 Å². The first kappa shape index (κ1) is 29.4. The standard InChI is InChI=1S/C26H50N2O5S/c1-9-15-34(30,31)27-18-21(19(2)3)17-23-22(16-20-13-11-10-12-14-20)28(26(7,8)32-23)24(29)33-25(4,5)6/h19-23,27H,9-18H2,1-8H3/t21-,22+,23+/m1/s1. The first-order chi connectivity index (χ1) is 15.6. The fourth-order valence-corrected chi connectivity index (χ4v) is 6.58. The van der Waals surface area contributed by atoms with Gasteiger partial charge in [-0.2, -0.15) is 0 Å².